The van der Waals surface area contributed by atoms with Crippen molar-refractivity contribution in [1.82, 2.24) is 5.32 Å². The maximum atomic E-state index is 11.5. The van der Waals surface area contributed by atoms with Gasteiger partial charge in [-0.1, -0.05) is 18.2 Å². The minimum absolute atomic E-state index is 0.231. The maximum absolute atomic E-state index is 11.5. The van der Waals surface area contributed by atoms with Crippen LogP contribution in [0.2, 0.25) is 0 Å². The van der Waals surface area contributed by atoms with Gasteiger partial charge in [-0.3, -0.25) is 4.79 Å². The molecule has 1 atom stereocenters. The van der Waals surface area contributed by atoms with Crippen LogP contribution in [0.25, 0.3) is 0 Å². The van der Waals surface area contributed by atoms with Gasteiger partial charge >= 0.3 is 12.1 Å². The molecule has 0 bridgehead atoms. The maximum Gasteiger partial charge on any atom is 0.407 e. The van der Waals surface area contributed by atoms with Crippen LogP contribution in [-0.4, -0.2) is 29.8 Å². The summed E-state index contributed by atoms with van der Waals surface area (Å²) in [5.74, 6) is -1.00. The summed E-state index contributed by atoms with van der Waals surface area (Å²) >= 11 is 2.19. The predicted octanol–water partition coefficient (Wildman–Crippen LogP) is 2.10. The number of alkyl carbamates (subject to hydrolysis) is 1. The molecular weight excluding hydrogens is 387 g/mol. The summed E-state index contributed by atoms with van der Waals surface area (Å²) in [5.41, 5.74) is 6.33. The lowest BCUT2D eigenvalue weighted by atomic mass is 10.1. The van der Waals surface area contributed by atoms with Crippen LogP contribution >= 0.6 is 22.6 Å². The van der Waals surface area contributed by atoms with Gasteiger partial charge in [0, 0.05) is 15.7 Å². The number of carboxylic acid groups (broad SMARTS) is 1. The molecule has 0 radical (unpaired) electrons. The molecule has 0 fully saturated rings. The third-order valence-corrected chi connectivity index (χ3v) is 3.90. The summed E-state index contributed by atoms with van der Waals surface area (Å²) in [6.45, 7) is 0.673. The molecule has 0 aromatic heterocycles. The molecule has 1 aromatic rings. The number of benzene rings is 1. The Morgan fingerprint density at radius 2 is 2.05 bits per heavy atom. The monoisotopic (exact) mass is 406 g/mol. The van der Waals surface area contributed by atoms with Gasteiger partial charge in [-0.25, -0.2) is 4.79 Å². The van der Waals surface area contributed by atoms with Gasteiger partial charge in [-0.15, -0.1) is 0 Å². The average molecular weight is 406 g/mol. The van der Waals surface area contributed by atoms with Crippen LogP contribution in [-0.2, 0) is 16.1 Å². The normalized spacial score (nSPS) is 11.7. The Morgan fingerprint density at radius 3 is 2.71 bits per heavy atom. The van der Waals surface area contributed by atoms with Crippen molar-refractivity contribution in [3.63, 3.8) is 0 Å². The summed E-state index contributed by atoms with van der Waals surface area (Å²) in [5, 5.41) is 11.2. The first kappa shape index (κ1) is 17.7. The van der Waals surface area contributed by atoms with Gasteiger partial charge < -0.3 is 20.9 Å². The van der Waals surface area contributed by atoms with E-state index in [1.54, 1.807) is 0 Å². The Kier molecular flexibility index (Phi) is 8.06. The van der Waals surface area contributed by atoms with E-state index in [4.69, 9.17) is 15.6 Å². The van der Waals surface area contributed by atoms with Gasteiger partial charge in [0.2, 0.25) is 0 Å². The highest BCUT2D eigenvalue weighted by Gasteiger charge is 2.10. The van der Waals surface area contributed by atoms with Gasteiger partial charge in [0.15, 0.2) is 0 Å². The van der Waals surface area contributed by atoms with E-state index in [2.05, 4.69) is 27.9 Å². The standard InChI is InChI=1S/C14H19IN2O4/c15-11-6-2-1-5-10(11)9-21-14(20)17-8-4-3-7-12(16)13(18)19/h1-2,5-6,12H,3-4,7-9,16H2,(H,17,20)(H,18,19)/t12-/m0/s1. The number of carbonyl (C=O) groups excluding carboxylic acids is 1. The fourth-order valence-electron chi connectivity index (χ4n) is 1.61. The topological polar surface area (TPSA) is 102 Å². The number of unbranched alkanes of at least 4 members (excludes halogenated alkanes) is 1. The molecule has 1 amide bonds. The summed E-state index contributed by atoms with van der Waals surface area (Å²) < 4.78 is 6.15. The fraction of sp³-hybridized carbons (Fsp3) is 0.429. The van der Waals surface area contributed by atoms with Crippen LogP contribution < -0.4 is 11.1 Å². The van der Waals surface area contributed by atoms with Gasteiger partial charge in [0.1, 0.15) is 12.6 Å². The van der Waals surface area contributed by atoms with E-state index in [-0.39, 0.29) is 6.61 Å². The van der Waals surface area contributed by atoms with Gasteiger partial charge in [-0.2, -0.15) is 0 Å². The number of hydrogen-bond acceptors (Lipinski definition) is 4. The van der Waals surface area contributed by atoms with Crippen molar-refractivity contribution in [2.24, 2.45) is 5.73 Å². The third-order valence-electron chi connectivity index (χ3n) is 2.85. The number of hydrogen-bond donors (Lipinski definition) is 3. The molecule has 116 valence electrons. The lowest BCUT2D eigenvalue weighted by molar-refractivity contribution is -0.138. The first-order valence-electron chi connectivity index (χ1n) is 6.63. The minimum Gasteiger partial charge on any atom is -0.480 e. The van der Waals surface area contributed by atoms with E-state index in [1.165, 1.54) is 0 Å². The molecule has 21 heavy (non-hydrogen) atoms. The number of rotatable bonds is 8. The molecule has 0 aliphatic heterocycles. The highest BCUT2D eigenvalue weighted by Crippen LogP contribution is 2.12. The largest absolute Gasteiger partial charge is 0.480 e. The highest BCUT2D eigenvalue weighted by molar-refractivity contribution is 14.1. The molecule has 6 nitrogen and oxygen atoms in total. The molecule has 0 saturated carbocycles. The summed E-state index contributed by atoms with van der Waals surface area (Å²) in [6.07, 6.45) is 1.23. The Balaban J connectivity index is 2.12. The molecule has 0 aliphatic carbocycles. The van der Waals surface area contributed by atoms with Crippen LogP contribution in [0.15, 0.2) is 24.3 Å². The molecule has 0 unspecified atom stereocenters. The predicted molar refractivity (Wildman–Crippen MR) is 86.8 cm³/mol. The van der Waals surface area contributed by atoms with E-state index in [1.807, 2.05) is 24.3 Å². The molecular formula is C14H19IN2O4. The lowest BCUT2D eigenvalue weighted by Crippen LogP contribution is -2.30. The smallest absolute Gasteiger partial charge is 0.407 e. The van der Waals surface area contributed by atoms with E-state index in [9.17, 15) is 9.59 Å². The van der Waals surface area contributed by atoms with Crippen LogP contribution in [0.4, 0.5) is 4.79 Å². The number of amides is 1. The zero-order chi connectivity index (χ0) is 15.7. The second-order valence-corrected chi connectivity index (χ2v) is 5.70. The number of carbonyl (C=O) groups is 2. The number of ether oxygens (including phenoxy) is 1. The Labute approximate surface area is 137 Å². The second-order valence-electron chi connectivity index (χ2n) is 4.53. The first-order chi connectivity index (χ1) is 10.0. The molecule has 0 saturated heterocycles. The van der Waals surface area contributed by atoms with Crippen molar-refractivity contribution in [2.75, 3.05) is 6.54 Å². The SMILES string of the molecule is N[C@@H](CCCCNC(=O)OCc1ccccc1I)C(=O)O. The van der Waals surface area contributed by atoms with E-state index in [0.29, 0.717) is 25.8 Å². The van der Waals surface area contributed by atoms with Gasteiger partial charge in [-0.05, 0) is 47.9 Å². The highest BCUT2D eigenvalue weighted by atomic mass is 127. The summed E-state index contributed by atoms with van der Waals surface area (Å²) in [4.78, 5) is 22.0. The first-order valence-corrected chi connectivity index (χ1v) is 7.71. The van der Waals surface area contributed by atoms with E-state index >= 15 is 0 Å². The quantitative estimate of drug-likeness (QED) is 0.454. The van der Waals surface area contributed by atoms with Crippen molar-refractivity contribution in [3.05, 3.63) is 33.4 Å². The fourth-order valence-corrected chi connectivity index (χ4v) is 2.16. The number of carboxylic acids is 1. The molecule has 0 heterocycles. The van der Waals surface area contributed by atoms with Crippen LogP contribution in [0, 0.1) is 3.57 Å². The number of aliphatic carboxylic acids is 1. The minimum atomic E-state index is -1.00. The van der Waals surface area contributed by atoms with Gasteiger partial charge in [0.25, 0.3) is 0 Å². The number of nitrogens with one attached hydrogen (secondary N) is 1. The van der Waals surface area contributed by atoms with E-state index in [0.717, 1.165) is 9.13 Å². The van der Waals surface area contributed by atoms with E-state index < -0.39 is 18.1 Å². The molecule has 7 heteroatoms. The number of halogens is 1. The number of nitrogens with two attached hydrogens (primary N) is 1. The Bertz CT molecular complexity index is 482. The average Bonchev–Trinajstić information content (AvgIpc) is 2.45. The van der Waals surface area contributed by atoms with Crippen LogP contribution in [0.5, 0.6) is 0 Å². The molecule has 0 spiro atoms. The summed E-state index contributed by atoms with van der Waals surface area (Å²) in [7, 11) is 0. The van der Waals surface area contributed by atoms with Crippen LogP contribution in [0.3, 0.4) is 0 Å². The van der Waals surface area contributed by atoms with Crippen molar-refractivity contribution in [3.8, 4) is 0 Å². The second kappa shape index (κ2) is 9.56. The molecule has 0 aliphatic rings. The van der Waals surface area contributed by atoms with Gasteiger partial charge in [0.05, 0.1) is 0 Å². The molecule has 1 rings (SSSR count). The lowest BCUT2D eigenvalue weighted by Gasteiger charge is -2.09. The molecule has 1 aromatic carbocycles. The van der Waals surface area contributed by atoms with Crippen molar-refractivity contribution < 1.29 is 19.4 Å². The van der Waals surface area contributed by atoms with Crippen LogP contribution in [0.1, 0.15) is 24.8 Å². The third kappa shape index (κ3) is 7.28. The van der Waals surface area contributed by atoms with Crippen molar-refractivity contribution in [2.45, 2.75) is 31.9 Å². The van der Waals surface area contributed by atoms with Crippen molar-refractivity contribution in [1.29, 1.82) is 0 Å². The zero-order valence-corrected chi connectivity index (χ0v) is 13.7. The van der Waals surface area contributed by atoms with Crippen molar-refractivity contribution >= 4 is 34.7 Å². The Morgan fingerprint density at radius 1 is 1.33 bits per heavy atom. The summed E-state index contributed by atoms with van der Waals surface area (Å²) in [6, 6.07) is 6.83. The molecule has 4 N–H and O–H groups in total. The Hall–Kier alpha value is -1.35. The zero-order valence-electron chi connectivity index (χ0n) is 11.5.